The van der Waals surface area contributed by atoms with Crippen LogP contribution < -0.4 is 5.32 Å². The summed E-state index contributed by atoms with van der Waals surface area (Å²) in [5, 5.41) is 7.28. The molecule has 0 unspecified atom stereocenters. The van der Waals surface area contributed by atoms with Crippen molar-refractivity contribution in [3.05, 3.63) is 69.7 Å². The summed E-state index contributed by atoms with van der Waals surface area (Å²) < 4.78 is 8.32. The quantitative estimate of drug-likeness (QED) is 0.276. The van der Waals surface area contributed by atoms with Crippen molar-refractivity contribution in [1.82, 2.24) is 15.1 Å². The summed E-state index contributed by atoms with van der Waals surface area (Å²) in [5.41, 5.74) is 2.35. The molecule has 0 saturated carbocycles. The van der Waals surface area contributed by atoms with Gasteiger partial charge in [-0.1, -0.05) is 53.4 Å². The highest BCUT2D eigenvalue weighted by atomic mass is 32.2. The minimum Gasteiger partial charge on any atom is -0.452 e. The third-order valence-electron chi connectivity index (χ3n) is 4.50. The van der Waals surface area contributed by atoms with Gasteiger partial charge in [0.15, 0.2) is 14.9 Å². The molecule has 3 aromatic rings. The number of hydrogen-bond acceptors (Lipinski definition) is 7. The molecule has 3 rings (SSSR count). The number of carbonyl (C=O) groups excluding carboxylic acids is 2. The van der Waals surface area contributed by atoms with Crippen molar-refractivity contribution in [2.24, 2.45) is 0 Å². The first-order chi connectivity index (χ1) is 15.0. The molecule has 0 saturated heterocycles. The maximum atomic E-state index is 12.3. The van der Waals surface area contributed by atoms with Gasteiger partial charge in [0.05, 0.1) is 11.3 Å². The van der Waals surface area contributed by atoms with Gasteiger partial charge in [-0.3, -0.25) is 4.79 Å². The maximum Gasteiger partial charge on any atom is 0.338 e. The molecule has 31 heavy (non-hydrogen) atoms. The van der Waals surface area contributed by atoms with Crippen LogP contribution >= 0.6 is 35.3 Å². The average molecular weight is 474 g/mol. The van der Waals surface area contributed by atoms with Crippen LogP contribution in [0.2, 0.25) is 0 Å². The lowest BCUT2D eigenvalue weighted by Crippen LogP contribution is -2.36. The Morgan fingerprint density at radius 3 is 2.55 bits per heavy atom. The minimum atomic E-state index is -0.551. The molecule has 0 aliphatic carbocycles. The van der Waals surface area contributed by atoms with Crippen molar-refractivity contribution >= 4 is 47.2 Å². The van der Waals surface area contributed by atoms with Crippen LogP contribution in [0, 0.1) is 3.95 Å². The van der Waals surface area contributed by atoms with Crippen molar-refractivity contribution < 1.29 is 14.3 Å². The Morgan fingerprint density at radius 1 is 1.19 bits per heavy atom. The van der Waals surface area contributed by atoms with Crippen LogP contribution in [0.3, 0.4) is 0 Å². The number of benzene rings is 2. The molecule has 1 aromatic heterocycles. The third-order valence-corrected chi connectivity index (χ3v) is 6.71. The van der Waals surface area contributed by atoms with Gasteiger partial charge in [0.25, 0.3) is 5.91 Å². The van der Waals surface area contributed by atoms with Gasteiger partial charge in [-0.25, -0.2) is 9.48 Å². The number of aryl methyl sites for hydroxylation is 1. The van der Waals surface area contributed by atoms with Crippen LogP contribution in [0.25, 0.3) is 5.69 Å². The van der Waals surface area contributed by atoms with E-state index in [9.17, 15) is 9.59 Å². The molecular weight excluding hydrogens is 450 g/mol. The van der Waals surface area contributed by atoms with Crippen molar-refractivity contribution in [1.29, 1.82) is 0 Å². The predicted octanol–water partition coefficient (Wildman–Crippen LogP) is 4.68. The van der Waals surface area contributed by atoms with Crippen LogP contribution in [0.1, 0.15) is 29.3 Å². The van der Waals surface area contributed by atoms with E-state index in [4.69, 9.17) is 17.0 Å². The zero-order valence-electron chi connectivity index (χ0n) is 17.2. The maximum absolute atomic E-state index is 12.3. The van der Waals surface area contributed by atoms with E-state index in [1.807, 2.05) is 31.4 Å². The number of nitrogens with zero attached hydrogens (tertiary/aromatic N) is 2. The molecule has 0 aliphatic heterocycles. The largest absolute Gasteiger partial charge is 0.452 e. The molecule has 0 radical (unpaired) electrons. The lowest BCUT2D eigenvalue weighted by molar-refractivity contribution is -0.124. The molecule has 162 valence electrons. The highest BCUT2D eigenvalue weighted by Gasteiger charge is 2.13. The molecule has 2 aromatic carbocycles. The topological polar surface area (TPSA) is 73.2 Å². The van der Waals surface area contributed by atoms with E-state index in [1.165, 1.54) is 28.7 Å². The summed E-state index contributed by atoms with van der Waals surface area (Å²) in [6, 6.07) is 16.9. The molecule has 0 bridgehead atoms. The van der Waals surface area contributed by atoms with Crippen molar-refractivity contribution in [2.45, 2.75) is 30.1 Å². The average Bonchev–Trinajstić information content (AvgIpc) is 3.17. The van der Waals surface area contributed by atoms with Crippen LogP contribution in [-0.2, 0) is 16.0 Å². The summed E-state index contributed by atoms with van der Waals surface area (Å²) >= 11 is 8.29. The standard InChI is InChI=1S/C22H23N3O3S3/c1-15(8-9-16-6-4-3-5-7-16)23-19(26)14-28-20(27)17-10-12-18(13-11-17)25-22(29)31-21(24-25)30-2/h3-7,10-13,15H,8-9,14H2,1-2H3,(H,23,26)/t15-/m0/s1. The molecule has 1 amide bonds. The van der Waals surface area contributed by atoms with Gasteiger partial charge >= 0.3 is 5.97 Å². The fourth-order valence-electron chi connectivity index (χ4n) is 2.88. The Morgan fingerprint density at radius 2 is 1.90 bits per heavy atom. The van der Waals surface area contributed by atoms with Crippen LogP contribution in [0.15, 0.2) is 58.9 Å². The molecule has 1 N–H and O–H groups in total. The monoisotopic (exact) mass is 473 g/mol. The van der Waals surface area contributed by atoms with Gasteiger partial charge in [0.1, 0.15) is 0 Å². The van der Waals surface area contributed by atoms with Gasteiger partial charge in [0.2, 0.25) is 0 Å². The van der Waals surface area contributed by atoms with Crippen molar-refractivity contribution in [3.63, 3.8) is 0 Å². The third kappa shape index (κ3) is 6.75. The smallest absolute Gasteiger partial charge is 0.338 e. The van der Waals surface area contributed by atoms with E-state index in [0.29, 0.717) is 9.52 Å². The molecule has 1 atom stereocenters. The molecule has 0 fully saturated rings. The van der Waals surface area contributed by atoms with Crippen LogP contribution in [-0.4, -0.2) is 40.6 Å². The minimum absolute atomic E-state index is 0.0143. The molecule has 0 spiro atoms. The van der Waals surface area contributed by atoms with Crippen molar-refractivity contribution in [2.75, 3.05) is 12.9 Å². The second-order valence-corrected chi connectivity index (χ2v) is 9.54. The number of carbonyl (C=O) groups is 2. The molecule has 0 aliphatic rings. The van der Waals surface area contributed by atoms with E-state index < -0.39 is 5.97 Å². The number of hydrogen-bond donors (Lipinski definition) is 1. The Hall–Kier alpha value is -2.49. The van der Waals surface area contributed by atoms with Gasteiger partial charge in [-0.15, -0.1) is 5.10 Å². The zero-order chi connectivity index (χ0) is 22.2. The number of aromatic nitrogens is 2. The Bertz CT molecular complexity index is 1080. The number of rotatable bonds is 9. The normalized spacial score (nSPS) is 11.7. The highest BCUT2D eigenvalue weighted by molar-refractivity contribution is 8.00. The van der Waals surface area contributed by atoms with Gasteiger partial charge in [-0.2, -0.15) is 0 Å². The molecule has 9 heteroatoms. The van der Waals surface area contributed by atoms with E-state index in [-0.39, 0.29) is 18.6 Å². The second kappa shape index (κ2) is 11.2. The lowest BCUT2D eigenvalue weighted by Gasteiger charge is -2.14. The SMILES string of the molecule is CSc1nn(-c2ccc(C(=O)OCC(=O)N[C@@H](C)CCc3ccccc3)cc2)c(=S)s1. The van der Waals surface area contributed by atoms with E-state index in [2.05, 4.69) is 22.5 Å². The first-order valence-corrected chi connectivity index (χ1v) is 12.2. The number of esters is 1. The molecule has 6 nitrogen and oxygen atoms in total. The summed E-state index contributed by atoms with van der Waals surface area (Å²) in [4.78, 5) is 24.4. The Kier molecular flexibility index (Phi) is 8.39. The fourth-order valence-corrected chi connectivity index (χ4v) is 4.66. The Balaban J connectivity index is 1.47. The first-order valence-electron chi connectivity index (χ1n) is 9.71. The molecular formula is C22H23N3O3S3. The number of amides is 1. The number of nitrogens with one attached hydrogen (secondary N) is 1. The number of ether oxygens (including phenoxy) is 1. The van der Waals surface area contributed by atoms with E-state index in [0.717, 1.165) is 22.9 Å². The van der Waals surface area contributed by atoms with E-state index >= 15 is 0 Å². The number of thioether (sulfide) groups is 1. The predicted molar refractivity (Wildman–Crippen MR) is 127 cm³/mol. The van der Waals surface area contributed by atoms with Gasteiger partial charge in [0, 0.05) is 6.04 Å². The summed E-state index contributed by atoms with van der Waals surface area (Å²) in [6.45, 7) is 1.62. The second-order valence-electron chi connectivity index (χ2n) is 6.87. The summed E-state index contributed by atoms with van der Waals surface area (Å²) in [6.07, 6.45) is 3.62. The van der Waals surface area contributed by atoms with E-state index in [1.54, 1.807) is 28.9 Å². The highest BCUT2D eigenvalue weighted by Crippen LogP contribution is 2.22. The zero-order valence-corrected chi connectivity index (χ0v) is 19.7. The summed E-state index contributed by atoms with van der Waals surface area (Å²) in [7, 11) is 0. The fraction of sp³-hybridized carbons (Fsp3) is 0.273. The van der Waals surface area contributed by atoms with Crippen LogP contribution in [0.5, 0.6) is 0 Å². The Labute approximate surface area is 194 Å². The van der Waals surface area contributed by atoms with Crippen LogP contribution in [0.4, 0.5) is 0 Å². The summed E-state index contributed by atoms with van der Waals surface area (Å²) in [5.74, 6) is -0.866. The van der Waals surface area contributed by atoms with Gasteiger partial charge < -0.3 is 10.1 Å². The van der Waals surface area contributed by atoms with Crippen molar-refractivity contribution in [3.8, 4) is 5.69 Å². The first kappa shape index (κ1) is 23.2. The lowest BCUT2D eigenvalue weighted by atomic mass is 10.1. The van der Waals surface area contributed by atoms with Gasteiger partial charge in [-0.05, 0) is 68.1 Å². The molecule has 1 heterocycles.